The molecule has 2 heterocycles. The minimum Gasteiger partial charge on any atom is -0.491 e. The maximum absolute atomic E-state index is 12.8. The number of hydrogen-bond acceptors (Lipinski definition) is 5. The SMILES string of the molecule is CC(C)Oc1ccc(Nc2cnc(C(=O)N3CCc4ccccc4C3)cn2)cc1. The molecular formula is C23H24N4O2. The van der Waals surface area contributed by atoms with Gasteiger partial charge in [-0.25, -0.2) is 9.97 Å². The first-order valence-corrected chi connectivity index (χ1v) is 9.80. The van der Waals surface area contributed by atoms with Gasteiger partial charge in [-0.1, -0.05) is 24.3 Å². The number of ether oxygens (including phenoxy) is 1. The molecule has 0 spiro atoms. The van der Waals surface area contributed by atoms with Crippen LogP contribution in [0, 0.1) is 0 Å². The van der Waals surface area contributed by atoms with Gasteiger partial charge in [0.25, 0.3) is 5.91 Å². The van der Waals surface area contributed by atoms with E-state index in [4.69, 9.17) is 4.74 Å². The smallest absolute Gasteiger partial charge is 0.274 e. The van der Waals surface area contributed by atoms with E-state index >= 15 is 0 Å². The number of anilines is 2. The lowest BCUT2D eigenvalue weighted by molar-refractivity contribution is 0.0728. The van der Waals surface area contributed by atoms with Crippen molar-refractivity contribution in [3.63, 3.8) is 0 Å². The van der Waals surface area contributed by atoms with Crippen LogP contribution >= 0.6 is 0 Å². The molecule has 0 unspecified atom stereocenters. The van der Waals surface area contributed by atoms with Crippen LogP contribution in [0.2, 0.25) is 0 Å². The van der Waals surface area contributed by atoms with Crippen LogP contribution in [-0.4, -0.2) is 33.4 Å². The monoisotopic (exact) mass is 388 g/mol. The number of carbonyl (C=O) groups excluding carboxylic acids is 1. The van der Waals surface area contributed by atoms with Crippen molar-refractivity contribution in [1.82, 2.24) is 14.9 Å². The van der Waals surface area contributed by atoms with E-state index in [1.807, 2.05) is 55.1 Å². The minimum absolute atomic E-state index is 0.0891. The van der Waals surface area contributed by atoms with Crippen molar-refractivity contribution in [3.05, 3.63) is 77.7 Å². The summed E-state index contributed by atoms with van der Waals surface area (Å²) in [5.41, 5.74) is 3.74. The first-order chi connectivity index (χ1) is 14.1. The average Bonchev–Trinajstić information content (AvgIpc) is 2.74. The van der Waals surface area contributed by atoms with E-state index < -0.39 is 0 Å². The predicted molar refractivity (Wildman–Crippen MR) is 112 cm³/mol. The van der Waals surface area contributed by atoms with Crippen LogP contribution in [0.3, 0.4) is 0 Å². The summed E-state index contributed by atoms with van der Waals surface area (Å²) in [5, 5.41) is 3.19. The van der Waals surface area contributed by atoms with Gasteiger partial charge >= 0.3 is 0 Å². The Labute approximate surface area is 170 Å². The number of nitrogens with one attached hydrogen (secondary N) is 1. The summed E-state index contributed by atoms with van der Waals surface area (Å²) in [7, 11) is 0. The number of hydrogen-bond donors (Lipinski definition) is 1. The normalized spacial score (nSPS) is 13.1. The Morgan fingerprint density at radius 3 is 2.48 bits per heavy atom. The van der Waals surface area contributed by atoms with Gasteiger partial charge in [0.05, 0.1) is 18.5 Å². The standard InChI is InChI=1S/C23H24N4O2/c1-16(2)29-20-9-7-19(8-10-20)26-22-14-24-21(13-25-22)23(28)27-12-11-17-5-3-4-6-18(17)15-27/h3-10,13-14,16H,11-12,15H2,1-2H3,(H,25,26). The number of carbonyl (C=O) groups is 1. The van der Waals surface area contributed by atoms with Crippen molar-refractivity contribution in [2.75, 3.05) is 11.9 Å². The first-order valence-electron chi connectivity index (χ1n) is 9.80. The molecule has 0 radical (unpaired) electrons. The molecule has 0 aliphatic carbocycles. The number of amides is 1. The molecule has 1 aliphatic rings. The highest BCUT2D eigenvalue weighted by molar-refractivity contribution is 5.92. The zero-order valence-corrected chi connectivity index (χ0v) is 16.6. The summed E-state index contributed by atoms with van der Waals surface area (Å²) in [4.78, 5) is 23.3. The molecule has 3 aromatic rings. The molecule has 0 bridgehead atoms. The molecule has 1 amide bonds. The summed E-state index contributed by atoms with van der Waals surface area (Å²) in [6.45, 7) is 5.30. The van der Waals surface area contributed by atoms with E-state index in [2.05, 4.69) is 27.4 Å². The maximum Gasteiger partial charge on any atom is 0.274 e. The molecule has 2 aromatic carbocycles. The van der Waals surface area contributed by atoms with E-state index in [0.29, 0.717) is 24.6 Å². The Bertz CT molecular complexity index is 985. The molecule has 0 atom stereocenters. The van der Waals surface area contributed by atoms with Crippen LogP contribution in [0.5, 0.6) is 5.75 Å². The van der Waals surface area contributed by atoms with Gasteiger partial charge in [0.15, 0.2) is 0 Å². The van der Waals surface area contributed by atoms with Crippen LogP contribution in [-0.2, 0) is 13.0 Å². The van der Waals surface area contributed by atoms with Crippen LogP contribution in [0.25, 0.3) is 0 Å². The molecule has 0 fully saturated rings. The number of benzene rings is 2. The van der Waals surface area contributed by atoms with Crippen molar-refractivity contribution < 1.29 is 9.53 Å². The molecule has 0 saturated carbocycles. The van der Waals surface area contributed by atoms with Gasteiger partial charge in [-0.15, -0.1) is 0 Å². The maximum atomic E-state index is 12.8. The highest BCUT2D eigenvalue weighted by Crippen LogP contribution is 2.21. The molecule has 29 heavy (non-hydrogen) atoms. The lowest BCUT2D eigenvalue weighted by Gasteiger charge is -2.28. The molecule has 0 saturated heterocycles. The van der Waals surface area contributed by atoms with Crippen molar-refractivity contribution in [1.29, 1.82) is 0 Å². The fourth-order valence-electron chi connectivity index (χ4n) is 3.37. The summed E-state index contributed by atoms with van der Waals surface area (Å²) in [5.74, 6) is 1.32. The largest absolute Gasteiger partial charge is 0.491 e. The molecular weight excluding hydrogens is 364 g/mol. The van der Waals surface area contributed by atoms with Gasteiger partial charge < -0.3 is 15.0 Å². The third kappa shape index (κ3) is 4.54. The lowest BCUT2D eigenvalue weighted by Crippen LogP contribution is -2.36. The van der Waals surface area contributed by atoms with E-state index in [0.717, 1.165) is 17.9 Å². The van der Waals surface area contributed by atoms with Gasteiger partial charge in [-0.05, 0) is 55.7 Å². The van der Waals surface area contributed by atoms with E-state index in [1.165, 1.54) is 17.3 Å². The van der Waals surface area contributed by atoms with Crippen LogP contribution in [0.15, 0.2) is 60.9 Å². The lowest BCUT2D eigenvalue weighted by atomic mass is 10.00. The van der Waals surface area contributed by atoms with Crippen LogP contribution in [0.4, 0.5) is 11.5 Å². The van der Waals surface area contributed by atoms with E-state index in [1.54, 1.807) is 6.20 Å². The van der Waals surface area contributed by atoms with Gasteiger partial charge in [-0.2, -0.15) is 0 Å². The average molecular weight is 388 g/mol. The molecule has 6 heteroatoms. The highest BCUT2D eigenvalue weighted by Gasteiger charge is 2.22. The molecule has 4 rings (SSSR count). The quantitative estimate of drug-likeness (QED) is 0.709. The molecule has 6 nitrogen and oxygen atoms in total. The Hall–Kier alpha value is -3.41. The summed E-state index contributed by atoms with van der Waals surface area (Å²) in [6.07, 6.45) is 4.12. The number of nitrogens with zero attached hydrogens (tertiary/aromatic N) is 3. The van der Waals surface area contributed by atoms with Gasteiger partial charge in [0, 0.05) is 18.8 Å². The summed E-state index contributed by atoms with van der Waals surface area (Å²) in [6, 6.07) is 15.9. The van der Waals surface area contributed by atoms with E-state index in [9.17, 15) is 4.79 Å². The molecule has 1 N–H and O–H groups in total. The van der Waals surface area contributed by atoms with Gasteiger partial charge in [0.2, 0.25) is 0 Å². The fraction of sp³-hybridized carbons (Fsp3) is 0.261. The zero-order chi connectivity index (χ0) is 20.2. The third-order valence-electron chi connectivity index (χ3n) is 4.79. The van der Waals surface area contributed by atoms with Gasteiger partial charge in [0.1, 0.15) is 17.3 Å². The van der Waals surface area contributed by atoms with Crippen LogP contribution < -0.4 is 10.1 Å². The number of aromatic nitrogens is 2. The minimum atomic E-state index is -0.0891. The topological polar surface area (TPSA) is 67.3 Å². The zero-order valence-electron chi connectivity index (χ0n) is 16.6. The Balaban J connectivity index is 1.39. The number of rotatable bonds is 5. The Kier molecular flexibility index (Phi) is 5.42. The molecule has 148 valence electrons. The second-order valence-electron chi connectivity index (χ2n) is 7.35. The van der Waals surface area contributed by atoms with E-state index in [-0.39, 0.29) is 12.0 Å². The molecule has 1 aliphatic heterocycles. The first kappa shape index (κ1) is 18.9. The van der Waals surface area contributed by atoms with Crippen molar-refractivity contribution in [2.45, 2.75) is 32.9 Å². The van der Waals surface area contributed by atoms with Crippen molar-refractivity contribution in [3.8, 4) is 5.75 Å². The summed E-state index contributed by atoms with van der Waals surface area (Å²) < 4.78 is 5.64. The highest BCUT2D eigenvalue weighted by atomic mass is 16.5. The second-order valence-corrected chi connectivity index (χ2v) is 7.35. The van der Waals surface area contributed by atoms with Gasteiger partial charge in [-0.3, -0.25) is 4.79 Å². The predicted octanol–water partition coefficient (Wildman–Crippen LogP) is 4.21. The molecule has 1 aromatic heterocycles. The second kappa shape index (κ2) is 8.31. The summed E-state index contributed by atoms with van der Waals surface area (Å²) >= 11 is 0. The number of fused-ring (bicyclic) bond motifs is 1. The van der Waals surface area contributed by atoms with Crippen LogP contribution in [0.1, 0.15) is 35.5 Å². The van der Waals surface area contributed by atoms with Crippen molar-refractivity contribution >= 4 is 17.4 Å². The van der Waals surface area contributed by atoms with Crippen molar-refractivity contribution in [2.24, 2.45) is 0 Å². The Morgan fingerprint density at radius 2 is 1.79 bits per heavy atom. The Morgan fingerprint density at radius 1 is 1.03 bits per heavy atom. The third-order valence-corrected chi connectivity index (χ3v) is 4.79. The fourth-order valence-corrected chi connectivity index (χ4v) is 3.37.